The number of hydrogen-bond donors (Lipinski definition) is 4. The van der Waals surface area contributed by atoms with Crippen molar-refractivity contribution in [2.24, 2.45) is 0 Å². The monoisotopic (exact) mass is 419 g/mol. The molecule has 6 heteroatoms. The van der Waals surface area contributed by atoms with E-state index in [-0.39, 0.29) is 24.2 Å². The van der Waals surface area contributed by atoms with Gasteiger partial charge in [0.25, 0.3) is 0 Å². The summed E-state index contributed by atoms with van der Waals surface area (Å²) < 4.78 is 13.2. The first-order valence-electron chi connectivity index (χ1n) is 9.72. The van der Waals surface area contributed by atoms with Gasteiger partial charge in [0, 0.05) is 16.8 Å². The van der Waals surface area contributed by atoms with Crippen LogP contribution in [0, 0.1) is 11.2 Å². The Hall–Kier alpha value is -3.77. The molecule has 0 spiro atoms. The van der Waals surface area contributed by atoms with Gasteiger partial charge in [-0.15, -0.1) is 0 Å². The Bertz CT molecular complexity index is 1040. The third-order valence-electron chi connectivity index (χ3n) is 4.47. The number of aliphatic hydroxyl groups excluding tert-OH is 1. The second kappa shape index (κ2) is 12.0. The van der Waals surface area contributed by atoms with Crippen molar-refractivity contribution in [3.8, 4) is 0 Å². The van der Waals surface area contributed by atoms with Gasteiger partial charge in [0.2, 0.25) is 6.41 Å². The van der Waals surface area contributed by atoms with Crippen LogP contribution in [0.2, 0.25) is 0 Å². The molecule has 0 aliphatic heterocycles. The molecular weight excluding hydrogens is 393 g/mol. The number of allylic oxidation sites excluding steroid dienone is 1. The SMILES string of the molecule is C/C=C/c1ccc(N)c(C(=N)c2cccc(F)c2)c1.O=CN[C@H](CO)c1ccccc1. The van der Waals surface area contributed by atoms with Crippen LogP contribution in [0.15, 0.2) is 78.9 Å². The number of hydrogen-bond acceptors (Lipinski definition) is 4. The normalized spacial score (nSPS) is 11.3. The molecule has 0 saturated heterocycles. The highest BCUT2D eigenvalue weighted by Gasteiger charge is 2.10. The number of nitrogen functional groups attached to an aromatic ring is 1. The number of anilines is 1. The fourth-order valence-corrected chi connectivity index (χ4v) is 2.91. The molecule has 3 aromatic rings. The Labute approximate surface area is 181 Å². The summed E-state index contributed by atoms with van der Waals surface area (Å²) in [7, 11) is 0. The quantitative estimate of drug-likeness (QED) is 0.261. The van der Waals surface area contributed by atoms with Gasteiger partial charge in [0.15, 0.2) is 0 Å². The van der Waals surface area contributed by atoms with E-state index in [1.165, 1.54) is 12.1 Å². The molecule has 1 amide bonds. The summed E-state index contributed by atoms with van der Waals surface area (Å²) in [5.74, 6) is -0.356. The van der Waals surface area contributed by atoms with Crippen molar-refractivity contribution in [1.29, 1.82) is 5.41 Å². The van der Waals surface area contributed by atoms with Crippen LogP contribution >= 0.6 is 0 Å². The molecule has 0 heterocycles. The molecule has 0 bridgehead atoms. The van der Waals surface area contributed by atoms with Gasteiger partial charge in [-0.25, -0.2) is 4.39 Å². The minimum Gasteiger partial charge on any atom is -0.398 e. The lowest BCUT2D eigenvalue weighted by molar-refractivity contribution is -0.110. The Kier molecular flexibility index (Phi) is 9.13. The van der Waals surface area contributed by atoms with E-state index in [9.17, 15) is 9.18 Å². The number of nitrogens with one attached hydrogen (secondary N) is 2. The molecule has 0 aromatic heterocycles. The maximum absolute atomic E-state index is 13.2. The molecule has 160 valence electrons. The van der Waals surface area contributed by atoms with Crippen LogP contribution in [-0.4, -0.2) is 23.8 Å². The zero-order chi connectivity index (χ0) is 22.6. The Morgan fingerprint density at radius 3 is 2.48 bits per heavy atom. The van der Waals surface area contributed by atoms with Gasteiger partial charge in [0.1, 0.15) is 5.82 Å². The first kappa shape index (κ1) is 23.5. The maximum atomic E-state index is 13.2. The molecule has 0 aliphatic rings. The topological polar surface area (TPSA) is 99.2 Å². The van der Waals surface area contributed by atoms with Gasteiger partial charge in [-0.2, -0.15) is 0 Å². The number of rotatable bonds is 7. The molecule has 0 aliphatic carbocycles. The fraction of sp³-hybridized carbons (Fsp3) is 0.120. The van der Waals surface area contributed by atoms with E-state index in [4.69, 9.17) is 16.2 Å². The lowest BCUT2D eigenvalue weighted by Crippen LogP contribution is -2.22. The lowest BCUT2D eigenvalue weighted by Gasteiger charge is -2.12. The van der Waals surface area contributed by atoms with Gasteiger partial charge in [0.05, 0.1) is 18.4 Å². The summed E-state index contributed by atoms with van der Waals surface area (Å²) in [5, 5.41) is 19.6. The Morgan fingerprint density at radius 2 is 1.87 bits per heavy atom. The van der Waals surface area contributed by atoms with Crippen LogP contribution in [-0.2, 0) is 4.79 Å². The fourth-order valence-electron chi connectivity index (χ4n) is 2.91. The third kappa shape index (κ3) is 6.90. The standard InChI is InChI=1S/C16H15FN2.C9H11NO2/c1-2-4-11-7-8-15(18)14(9-11)16(19)12-5-3-6-13(17)10-12;11-6-9(10-7-12)8-4-2-1-3-5-8/h2-10,19H,18H2,1H3;1-5,7,9,11H,6H2,(H,10,12)/b4-2+,19-16?;/t;9-/m.1/s1. The molecule has 3 rings (SSSR count). The summed E-state index contributed by atoms with van der Waals surface area (Å²) in [6.45, 7) is 1.84. The van der Waals surface area contributed by atoms with Crippen molar-refractivity contribution in [3.63, 3.8) is 0 Å². The van der Waals surface area contributed by atoms with Crippen LogP contribution in [0.25, 0.3) is 6.08 Å². The first-order chi connectivity index (χ1) is 15.0. The third-order valence-corrected chi connectivity index (χ3v) is 4.47. The molecule has 5 nitrogen and oxygen atoms in total. The highest BCUT2D eigenvalue weighted by atomic mass is 19.1. The van der Waals surface area contributed by atoms with Crippen LogP contribution in [0.1, 0.15) is 35.2 Å². The molecular formula is C25H26FN3O2. The largest absolute Gasteiger partial charge is 0.398 e. The molecule has 1 atom stereocenters. The smallest absolute Gasteiger partial charge is 0.207 e. The van der Waals surface area contributed by atoms with Crippen molar-refractivity contribution in [2.75, 3.05) is 12.3 Å². The van der Waals surface area contributed by atoms with Crippen LogP contribution in [0.4, 0.5) is 10.1 Å². The van der Waals surface area contributed by atoms with Crippen molar-refractivity contribution in [3.05, 3.63) is 107 Å². The second-order valence-electron chi connectivity index (χ2n) is 6.66. The summed E-state index contributed by atoms with van der Waals surface area (Å²) in [5.41, 5.74) is 9.65. The summed E-state index contributed by atoms with van der Waals surface area (Å²) >= 11 is 0. The van der Waals surface area contributed by atoms with E-state index in [1.54, 1.807) is 18.2 Å². The molecule has 0 radical (unpaired) electrons. The molecule has 0 saturated carbocycles. The molecule has 3 aromatic carbocycles. The number of halogens is 1. The molecule has 0 fully saturated rings. The van der Waals surface area contributed by atoms with Crippen LogP contribution in [0.3, 0.4) is 0 Å². The lowest BCUT2D eigenvalue weighted by atomic mass is 9.98. The van der Waals surface area contributed by atoms with Crippen molar-refractivity contribution < 1.29 is 14.3 Å². The van der Waals surface area contributed by atoms with Crippen LogP contribution in [0.5, 0.6) is 0 Å². The molecule has 0 unspecified atom stereocenters. The Balaban J connectivity index is 0.000000245. The minimum absolute atomic E-state index is 0.0806. The zero-order valence-electron chi connectivity index (χ0n) is 17.3. The van der Waals surface area contributed by atoms with E-state index >= 15 is 0 Å². The van der Waals surface area contributed by atoms with Gasteiger partial charge in [-0.05, 0) is 42.3 Å². The highest BCUT2D eigenvalue weighted by Crippen LogP contribution is 2.20. The number of amides is 1. The average molecular weight is 420 g/mol. The van der Waals surface area contributed by atoms with Crippen molar-refractivity contribution in [1.82, 2.24) is 5.32 Å². The van der Waals surface area contributed by atoms with Gasteiger partial charge in [-0.3, -0.25) is 10.2 Å². The predicted octanol–water partition coefficient (Wildman–Crippen LogP) is 4.32. The van der Waals surface area contributed by atoms with E-state index < -0.39 is 0 Å². The van der Waals surface area contributed by atoms with E-state index in [2.05, 4.69) is 5.32 Å². The van der Waals surface area contributed by atoms with Gasteiger partial charge >= 0.3 is 0 Å². The van der Waals surface area contributed by atoms with E-state index in [0.29, 0.717) is 23.2 Å². The maximum Gasteiger partial charge on any atom is 0.207 e. The van der Waals surface area contributed by atoms with Crippen molar-refractivity contribution in [2.45, 2.75) is 13.0 Å². The minimum atomic E-state index is -0.356. The molecule has 31 heavy (non-hydrogen) atoms. The first-order valence-corrected chi connectivity index (χ1v) is 9.72. The number of nitrogens with two attached hydrogens (primary N) is 1. The predicted molar refractivity (Wildman–Crippen MR) is 123 cm³/mol. The second-order valence-corrected chi connectivity index (χ2v) is 6.66. The number of carbonyl (C=O) groups excluding carboxylic acids is 1. The number of aliphatic hydroxyl groups is 1. The average Bonchev–Trinajstić information content (AvgIpc) is 2.79. The van der Waals surface area contributed by atoms with E-state index in [1.807, 2.05) is 61.5 Å². The summed E-state index contributed by atoms with van der Waals surface area (Å²) in [6.07, 6.45) is 4.44. The van der Waals surface area contributed by atoms with Gasteiger partial charge < -0.3 is 16.2 Å². The van der Waals surface area contributed by atoms with Crippen molar-refractivity contribution >= 4 is 23.9 Å². The molecule has 5 N–H and O–H groups in total. The number of benzene rings is 3. The number of carbonyl (C=O) groups is 1. The summed E-state index contributed by atoms with van der Waals surface area (Å²) in [6, 6.07) is 20.5. The van der Waals surface area contributed by atoms with Gasteiger partial charge in [-0.1, -0.05) is 60.7 Å². The Morgan fingerprint density at radius 1 is 1.13 bits per heavy atom. The summed E-state index contributed by atoms with van der Waals surface area (Å²) in [4.78, 5) is 10.1. The van der Waals surface area contributed by atoms with Crippen LogP contribution < -0.4 is 11.1 Å². The zero-order valence-corrected chi connectivity index (χ0v) is 17.3. The van der Waals surface area contributed by atoms with E-state index in [0.717, 1.165) is 11.1 Å². The highest BCUT2D eigenvalue weighted by molar-refractivity contribution is 6.14.